The van der Waals surface area contributed by atoms with E-state index in [1.165, 1.54) is 55.2 Å². The van der Waals surface area contributed by atoms with Crippen LogP contribution in [0.5, 0.6) is 0 Å². The summed E-state index contributed by atoms with van der Waals surface area (Å²) in [5.41, 5.74) is 9.07. The molecule has 0 N–H and O–H groups in total. The number of benzene rings is 2. The molecule has 9 rings (SSSR count). The summed E-state index contributed by atoms with van der Waals surface area (Å²) in [6.07, 6.45) is 5.87. The molecule has 2 unspecified atom stereocenters. The van der Waals surface area contributed by atoms with Crippen molar-refractivity contribution < 1.29 is 4.57 Å². The van der Waals surface area contributed by atoms with Crippen molar-refractivity contribution in [3.8, 4) is 11.3 Å². The summed E-state index contributed by atoms with van der Waals surface area (Å²) in [7, 11) is 0. The summed E-state index contributed by atoms with van der Waals surface area (Å²) in [5.74, 6) is 0.381. The van der Waals surface area contributed by atoms with Crippen LogP contribution in [-0.4, -0.2) is 9.38 Å². The lowest BCUT2D eigenvalue weighted by atomic mass is 9.62. The molecule has 138 valence electrons. The van der Waals surface area contributed by atoms with Gasteiger partial charge in [-0.25, -0.2) is 4.98 Å². The first-order chi connectivity index (χ1) is 14.9. The minimum absolute atomic E-state index is 0.125. The van der Waals surface area contributed by atoms with Crippen molar-refractivity contribution in [2.75, 3.05) is 0 Å². The van der Waals surface area contributed by atoms with E-state index in [1.807, 2.05) is 0 Å². The Bertz CT molecular complexity index is 1790. The third-order valence-electron chi connectivity index (χ3n) is 7.87. The van der Waals surface area contributed by atoms with Crippen molar-refractivity contribution in [2.24, 2.45) is 0 Å². The van der Waals surface area contributed by atoms with Crippen LogP contribution in [0.3, 0.4) is 0 Å². The van der Waals surface area contributed by atoms with E-state index in [2.05, 4.69) is 87.8 Å². The Labute approximate surface area is 171 Å². The summed E-state index contributed by atoms with van der Waals surface area (Å²) in [6, 6.07) is 24.5. The Morgan fingerprint density at radius 3 is 2.63 bits per heavy atom. The smallest absolute Gasteiger partial charge is 0.215 e. The Kier molecular flexibility index (Phi) is 2.02. The van der Waals surface area contributed by atoms with E-state index in [1.54, 1.807) is 0 Å². The fourth-order valence-electron chi connectivity index (χ4n) is 6.58. The molecule has 0 fully saturated rings. The van der Waals surface area contributed by atoms with Gasteiger partial charge in [0, 0.05) is 33.7 Å². The normalized spacial score (nSPS) is 22.9. The first-order valence-corrected chi connectivity index (χ1v) is 10.7. The van der Waals surface area contributed by atoms with Crippen LogP contribution in [0.25, 0.3) is 49.5 Å². The molecule has 6 heterocycles. The molecule has 0 radical (unpaired) electrons. The quantitative estimate of drug-likeness (QED) is 0.264. The van der Waals surface area contributed by atoms with Crippen molar-refractivity contribution in [1.82, 2.24) is 9.38 Å². The number of pyridine rings is 2. The van der Waals surface area contributed by atoms with E-state index in [-0.39, 0.29) is 5.54 Å². The van der Waals surface area contributed by atoms with Gasteiger partial charge in [-0.15, -0.1) is 0 Å². The van der Waals surface area contributed by atoms with Gasteiger partial charge in [-0.3, -0.25) is 4.40 Å². The van der Waals surface area contributed by atoms with Crippen LogP contribution >= 0.6 is 0 Å². The number of hydrogen-bond acceptors (Lipinski definition) is 1. The molecule has 0 bridgehead atoms. The summed E-state index contributed by atoms with van der Waals surface area (Å²) in [5, 5.41) is 5.19. The molecule has 3 aliphatic rings. The van der Waals surface area contributed by atoms with E-state index < -0.39 is 0 Å². The molecule has 6 aromatic rings. The Morgan fingerprint density at radius 2 is 1.73 bits per heavy atom. The molecular weight excluding hydrogens is 366 g/mol. The lowest BCUT2D eigenvalue weighted by molar-refractivity contribution is -0.797. The average Bonchev–Trinajstić information content (AvgIpc) is 3.24. The number of aromatic nitrogens is 3. The minimum Gasteiger partial charge on any atom is -0.293 e. The highest BCUT2D eigenvalue weighted by molar-refractivity contribution is 6.22. The number of fused-ring (bicyclic) bond motifs is 9. The number of nitrogens with zero attached hydrogens (tertiary/aromatic N) is 3. The molecule has 0 saturated heterocycles. The van der Waals surface area contributed by atoms with Gasteiger partial charge in [-0.05, 0) is 24.3 Å². The number of para-hydroxylation sites is 2. The molecule has 4 aromatic heterocycles. The van der Waals surface area contributed by atoms with Crippen LogP contribution in [0.2, 0.25) is 0 Å². The van der Waals surface area contributed by atoms with Crippen molar-refractivity contribution in [3.05, 3.63) is 90.3 Å². The van der Waals surface area contributed by atoms with Crippen LogP contribution in [0.15, 0.2) is 78.9 Å². The highest BCUT2D eigenvalue weighted by Crippen LogP contribution is 2.54. The zero-order chi connectivity index (χ0) is 19.2. The molecule has 2 atom stereocenters. The van der Waals surface area contributed by atoms with E-state index in [9.17, 15) is 0 Å². The topological polar surface area (TPSA) is 21.2 Å². The maximum Gasteiger partial charge on any atom is 0.215 e. The summed E-state index contributed by atoms with van der Waals surface area (Å²) in [4.78, 5) is 5.41. The first kappa shape index (κ1) is 14.3. The van der Waals surface area contributed by atoms with Crippen molar-refractivity contribution >= 4 is 38.2 Å². The predicted molar refractivity (Wildman–Crippen MR) is 118 cm³/mol. The van der Waals surface area contributed by atoms with Gasteiger partial charge in [0.15, 0.2) is 5.69 Å². The van der Waals surface area contributed by atoms with Crippen LogP contribution < -0.4 is 4.57 Å². The fraction of sp³-hybridized carbons (Fsp3) is 0.111. The lowest BCUT2D eigenvalue weighted by Gasteiger charge is -2.47. The lowest BCUT2D eigenvalue weighted by Crippen LogP contribution is -2.75. The molecule has 30 heavy (non-hydrogen) atoms. The molecule has 3 nitrogen and oxygen atoms in total. The van der Waals surface area contributed by atoms with Gasteiger partial charge in [0.05, 0.1) is 28.2 Å². The average molecular weight is 382 g/mol. The number of hydrogen-bond donors (Lipinski definition) is 0. The SMILES string of the molecule is C1=CC23Cc4cccc([n+]42)-c2cc4c5cccc6c7ccccc7n(c4nc2C13)c65. The van der Waals surface area contributed by atoms with Gasteiger partial charge in [-0.1, -0.05) is 42.5 Å². The minimum atomic E-state index is 0.125. The molecule has 0 saturated carbocycles. The predicted octanol–water partition coefficient (Wildman–Crippen LogP) is 5.10. The van der Waals surface area contributed by atoms with Gasteiger partial charge >= 0.3 is 0 Å². The molecular formula is C27H16N3+. The van der Waals surface area contributed by atoms with E-state index in [0.29, 0.717) is 5.92 Å². The van der Waals surface area contributed by atoms with Gasteiger partial charge in [0.2, 0.25) is 11.2 Å². The van der Waals surface area contributed by atoms with Crippen molar-refractivity contribution in [3.63, 3.8) is 0 Å². The molecule has 2 aromatic carbocycles. The summed E-state index contributed by atoms with van der Waals surface area (Å²) in [6.45, 7) is 0. The van der Waals surface area contributed by atoms with Crippen molar-refractivity contribution in [1.29, 1.82) is 0 Å². The Hall–Kier alpha value is -3.72. The maximum atomic E-state index is 5.41. The molecule has 1 aliphatic carbocycles. The van der Waals surface area contributed by atoms with Gasteiger partial charge < -0.3 is 0 Å². The monoisotopic (exact) mass is 382 g/mol. The van der Waals surface area contributed by atoms with E-state index >= 15 is 0 Å². The second kappa shape index (κ2) is 4.24. The summed E-state index contributed by atoms with van der Waals surface area (Å²) < 4.78 is 4.95. The zero-order valence-corrected chi connectivity index (χ0v) is 16.1. The number of allylic oxidation sites excluding steroid dienone is 2. The standard InChI is InChI=1S/C27H16N3/c1-2-9-22-16(6-1)17-7-4-8-18-19-13-20-23-10-3-5-15-14-27(30(15)23)12-11-21(27)24(20)28-26(19)29(22)25(17)18/h1-13,21H,14H2/q+1. The maximum absolute atomic E-state index is 5.41. The molecule has 2 aliphatic heterocycles. The Balaban J connectivity index is 1.53. The van der Waals surface area contributed by atoms with Crippen LogP contribution in [0.4, 0.5) is 0 Å². The largest absolute Gasteiger partial charge is 0.293 e. The van der Waals surface area contributed by atoms with Crippen LogP contribution in [0, 0.1) is 0 Å². The van der Waals surface area contributed by atoms with Gasteiger partial charge in [0.1, 0.15) is 12.1 Å². The van der Waals surface area contributed by atoms with Gasteiger partial charge in [0.25, 0.3) is 0 Å². The van der Waals surface area contributed by atoms with E-state index in [4.69, 9.17) is 4.98 Å². The number of rotatable bonds is 0. The first-order valence-electron chi connectivity index (χ1n) is 10.7. The second-order valence-electron chi connectivity index (χ2n) is 9.09. The molecule has 1 spiro atoms. The second-order valence-corrected chi connectivity index (χ2v) is 9.09. The van der Waals surface area contributed by atoms with Gasteiger partial charge in [-0.2, -0.15) is 4.57 Å². The van der Waals surface area contributed by atoms with Crippen molar-refractivity contribution in [2.45, 2.75) is 17.9 Å². The highest BCUT2D eigenvalue weighted by Gasteiger charge is 2.64. The van der Waals surface area contributed by atoms with Crippen LogP contribution in [-0.2, 0) is 12.0 Å². The molecule has 3 heteroatoms. The molecule has 0 amide bonds. The summed E-state index contributed by atoms with van der Waals surface area (Å²) >= 11 is 0. The van der Waals surface area contributed by atoms with Crippen LogP contribution in [0.1, 0.15) is 17.3 Å². The Morgan fingerprint density at radius 1 is 0.900 bits per heavy atom. The third-order valence-corrected chi connectivity index (χ3v) is 7.87. The fourth-order valence-corrected chi connectivity index (χ4v) is 6.58. The highest BCUT2D eigenvalue weighted by atomic mass is 15.2. The van der Waals surface area contributed by atoms with E-state index in [0.717, 1.165) is 12.1 Å². The zero-order valence-electron chi connectivity index (χ0n) is 16.1. The third kappa shape index (κ3) is 1.26.